The maximum Gasteiger partial charge on any atom is 0.265 e. The molecule has 0 aliphatic carbocycles. The zero-order chi connectivity index (χ0) is 23.2. The van der Waals surface area contributed by atoms with Gasteiger partial charge in [-0.2, -0.15) is 0 Å². The highest BCUT2D eigenvalue weighted by Crippen LogP contribution is 2.28. The molecular weight excluding hydrogens is 422 g/mol. The zero-order valence-corrected chi connectivity index (χ0v) is 19.1. The van der Waals surface area contributed by atoms with E-state index >= 15 is 0 Å². The van der Waals surface area contributed by atoms with Crippen molar-refractivity contribution in [3.05, 3.63) is 106 Å². The molecule has 0 saturated heterocycles. The molecule has 0 spiro atoms. The summed E-state index contributed by atoms with van der Waals surface area (Å²) in [5, 5.41) is 0.488. The number of nitrogens with zero attached hydrogens (tertiary/aromatic N) is 5. The maximum atomic E-state index is 13.7. The van der Waals surface area contributed by atoms with Crippen LogP contribution in [0.25, 0.3) is 38.9 Å². The second-order valence-electron chi connectivity index (χ2n) is 8.60. The van der Waals surface area contributed by atoms with E-state index < -0.39 is 0 Å². The molecular formula is C28H23N5O. The molecule has 3 aromatic carbocycles. The standard InChI is InChI=1S/C28H23N5O/c1-3-19-12-14-21(15-13-19)33-26-24(25-27(33)31-23-7-5-4-6-22(23)30-25)28(34)32(17-29-26)16-20-10-8-18(2)9-11-20/h4-15,17H,3,16H2,1-2H3. The molecule has 0 aliphatic heterocycles. The lowest BCUT2D eigenvalue weighted by molar-refractivity contribution is 0.746. The first kappa shape index (κ1) is 20.3. The van der Waals surface area contributed by atoms with Crippen LogP contribution in [-0.2, 0) is 13.0 Å². The van der Waals surface area contributed by atoms with Gasteiger partial charge in [0, 0.05) is 5.69 Å². The van der Waals surface area contributed by atoms with Crippen LogP contribution in [0.3, 0.4) is 0 Å². The molecule has 0 saturated carbocycles. The quantitative estimate of drug-likeness (QED) is 0.374. The molecule has 6 nitrogen and oxygen atoms in total. The van der Waals surface area contributed by atoms with Crippen molar-refractivity contribution in [3.63, 3.8) is 0 Å². The van der Waals surface area contributed by atoms with E-state index in [-0.39, 0.29) is 5.56 Å². The van der Waals surface area contributed by atoms with Crippen molar-refractivity contribution in [1.29, 1.82) is 0 Å². The SMILES string of the molecule is CCc1ccc(-n2c3nc4ccccc4nc3c3c(=O)n(Cc4ccc(C)cc4)cnc32)cc1. The first-order valence-corrected chi connectivity index (χ1v) is 11.4. The molecule has 0 fully saturated rings. The Morgan fingerprint density at radius 1 is 0.794 bits per heavy atom. The molecule has 0 aliphatic rings. The number of aryl methyl sites for hydroxylation is 2. The van der Waals surface area contributed by atoms with Crippen LogP contribution >= 0.6 is 0 Å². The van der Waals surface area contributed by atoms with Crippen LogP contribution in [-0.4, -0.2) is 24.1 Å². The molecule has 34 heavy (non-hydrogen) atoms. The van der Waals surface area contributed by atoms with Crippen LogP contribution in [0.1, 0.15) is 23.6 Å². The Balaban J connectivity index is 1.65. The minimum Gasteiger partial charge on any atom is -0.294 e. The smallest absolute Gasteiger partial charge is 0.265 e. The molecule has 6 rings (SSSR count). The van der Waals surface area contributed by atoms with E-state index in [1.54, 1.807) is 10.9 Å². The molecule has 0 radical (unpaired) electrons. The Hall–Kier alpha value is -4.32. The molecule has 3 heterocycles. The maximum absolute atomic E-state index is 13.7. The summed E-state index contributed by atoms with van der Waals surface area (Å²) in [7, 11) is 0. The fourth-order valence-electron chi connectivity index (χ4n) is 4.40. The van der Waals surface area contributed by atoms with E-state index in [0.29, 0.717) is 28.7 Å². The molecule has 0 bridgehead atoms. The predicted octanol–water partition coefficient (Wildman–Crippen LogP) is 5.20. The summed E-state index contributed by atoms with van der Waals surface area (Å²) < 4.78 is 3.59. The van der Waals surface area contributed by atoms with Gasteiger partial charge in [0.15, 0.2) is 11.3 Å². The van der Waals surface area contributed by atoms with Crippen molar-refractivity contribution in [1.82, 2.24) is 24.1 Å². The lowest BCUT2D eigenvalue weighted by Gasteiger charge is -2.09. The van der Waals surface area contributed by atoms with Gasteiger partial charge in [-0.1, -0.05) is 61.0 Å². The van der Waals surface area contributed by atoms with E-state index in [0.717, 1.165) is 28.7 Å². The van der Waals surface area contributed by atoms with Gasteiger partial charge in [-0.15, -0.1) is 0 Å². The number of fused-ring (bicyclic) bond motifs is 4. The van der Waals surface area contributed by atoms with Crippen LogP contribution in [0.4, 0.5) is 0 Å². The van der Waals surface area contributed by atoms with Crippen LogP contribution in [0.15, 0.2) is 83.9 Å². The first-order chi connectivity index (χ1) is 16.6. The highest BCUT2D eigenvalue weighted by molar-refractivity contribution is 6.05. The van der Waals surface area contributed by atoms with Crippen molar-refractivity contribution in [2.75, 3.05) is 0 Å². The lowest BCUT2D eigenvalue weighted by Crippen LogP contribution is -2.21. The monoisotopic (exact) mass is 445 g/mol. The highest BCUT2D eigenvalue weighted by atomic mass is 16.1. The van der Waals surface area contributed by atoms with E-state index in [4.69, 9.17) is 15.0 Å². The molecule has 0 amide bonds. The largest absolute Gasteiger partial charge is 0.294 e. The molecule has 6 heteroatoms. The third kappa shape index (κ3) is 3.27. The summed E-state index contributed by atoms with van der Waals surface area (Å²) in [6.45, 7) is 4.63. The van der Waals surface area contributed by atoms with Crippen molar-refractivity contribution < 1.29 is 0 Å². The van der Waals surface area contributed by atoms with Crippen molar-refractivity contribution >= 4 is 33.2 Å². The van der Waals surface area contributed by atoms with Gasteiger partial charge in [0.25, 0.3) is 5.56 Å². The molecule has 3 aromatic heterocycles. The highest BCUT2D eigenvalue weighted by Gasteiger charge is 2.21. The normalized spacial score (nSPS) is 11.6. The second kappa shape index (κ2) is 7.92. The minimum absolute atomic E-state index is 0.121. The van der Waals surface area contributed by atoms with Crippen LogP contribution < -0.4 is 5.56 Å². The van der Waals surface area contributed by atoms with Crippen LogP contribution in [0, 0.1) is 6.92 Å². The van der Waals surface area contributed by atoms with Gasteiger partial charge in [0.1, 0.15) is 17.2 Å². The molecule has 0 N–H and O–H groups in total. The summed E-state index contributed by atoms with van der Waals surface area (Å²) in [4.78, 5) is 28.3. The van der Waals surface area contributed by atoms with Crippen LogP contribution in [0.5, 0.6) is 0 Å². The predicted molar refractivity (Wildman–Crippen MR) is 136 cm³/mol. The number of para-hydroxylation sites is 2. The molecule has 0 atom stereocenters. The molecule has 6 aromatic rings. The van der Waals surface area contributed by atoms with Crippen LogP contribution in [0.2, 0.25) is 0 Å². The summed E-state index contributed by atoms with van der Waals surface area (Å²) in [6, 6.07) is 24.2. The van der Waals surface area contributed by atoms with Crippen molar-refractivity contribution in [2.45, 2.75) is 26.8 Å². The summed E-state index contributed by atoms with van der Waals surface area (Å²) >= 11 is 0. The van der Waals surface area contributed by atoms with Gasteiger partial charge in [-0.05, 0) is 48.7 Å². The zero-order valence-electron chi connectivity index (χ0n) is 19.1. The first-order valence-electron chi connectivity index (χ1n) is 11.4. The Labute approximate surface area is 196 Å². The number of hydrogen-bond acceptors (Lipinski definition) is 4. The van der Waals surface area contributed by atoms with E-state index in [1.165, 1.54) is 11.1 Å². The van der Waals surface area contributed by atoms with Gasteiger partial charge >= 0.3 is 0 Å². The van der Waals surface area contributed by atoms with Gasteiger partial charge < -0.3 is 0 Å². The van der Waals surface area contributed by atoms with Gasteiger partial charge in [0.2, 0.25) is 0 Å². The van der Waals surface area contributed by atoms with Gasteiger partial charge in [-0.25, -0.2) is 15.0 Å². The van der Waals surface area contributed by atoms with E-state index in [1.807, 2.05) is 53.1 Å². The number of aromatic nitrogens is 5. The van der Waals surface area contributed by atoms with E-state index in [9.17, 15) is 4.79 Å². The fraction of sp³-hybridized carbons (Fsp3) is 0.143. The molecule has 0 unspecified atom stereocenters. The van der Waals surface area contributed by atoms with Crippen molar-refractivity contribution in [3.8, 4) is 5.69 Å². The number of benzene rings is 3. The fourth-order valence-corrected chi connectivity index (χ4v) is 4.40. The summed E-state index contributed by atoms with van der Waals surface area (Å²) in [6.07, 6.45) is 2.58. The Kier molecular flexibility index (Phi) is 4.73. The Morgan fingerprint density at radius 2 is 1.47 bits per heavy atom. The van der Waals surface area contributed by atoms with Gasteiger partial charge in [-0.3, -0.25) is 13.9 Å². The average molecular weight is 446 g/mol. The topological polar surface area (TPSA) is 65.6 Å². The summed E-state index contributed by atoms with van der Waals surface area (Å²) in [5.74, 6) is 0. The average Bonchev–Trinajstić information content (AvgIpc) is 3.19. The third-order valence-electron chi connectivity index (χ3n) is 6.31. The lowest BCUT2D eigenvalue weighted by atomic mass is 10.1. The summed E-state index contributed by atoms with van der Waals surface area (Å²) in [5.41, 5.74) is 7.57. The third-order valence-corrected chi connectivity index (χ3v) is 6.31. The minimum atomic E-state index is -0.121. The number of rotatable bonds is 4. The number of hydrogen-bond donors (Lipinski definition) is 0. The van der Waals surface area contributed by atoms with Crippen molar-refractivity contribution in [2.24, 2.45) is 0 Å². The molecule has 166 valence electrons. The second-order valence-corrected chi connectivity index (χ2v) is 8.60. The Morgan fingerprint density at radius 3 is 2.18 bits per heavy atom. The van der Waals surface area contributed by atoms with Gasteiger partial charge in [0.05, 0.1) is 17.6 Å². The van der Waals surface area contributed by atoms with E-state index in [2.05, 4.69) is 38.1 Å². The Bertz CT molecular complexity index is 1730.